The molecule has 1 heterocycles. The molecule has 0 unspecified atom stereocenters. The Hall–Kier alpha value is -1.84. The van der Waals surface area contributed by atoms with E-state index in [4.69, 9.17) is 11.6 Å². The van der Waals surface area contributed by atoms with E-state index in [0.29, 0.717) is 10.6 Å². The van der Waals surface area contributed by atoms with Crippen LogP contribution in [-0.2, 0) is 13.1 Å². The van der Waals surface area contributed by atoms with Crippen LogP contribution in [0.15, 0.2) is 42.5 Å². The molecule has 3 rings (SSSR count). The molecule has 1 amide bonds. The molecule has 0 aromatic heterocycles. The predicted molar refractivity (Wildman–Crippen MR) is 76.4 cm³/mol. The van der Waals surface area contributed by atoms with Gasteiger partial charge < -0.3 is 10.6 Å². The molecule has 4 heteroatoms. The molecule has 0 radical (unpaired) electrons. The Morgan fingerprint density at radius 3 is 2.58 bits per heavy atom. The molecule has 2 aromatic carbocycles. The number of anilines is 1. The third kappa shape index (κ3) is 2.62. The van der Waals surface area contributed by atoms with Crippen LogP contribution in [0.2, 0.25) is 5.02 Å². The molecule has 3 nitrogen and oxygen atoms in total. The molecule has 0 saturated heterocycles. The largest absolute Gasteiger partial charge is 0.322 e. The Labute approximate surface area is 116 Å². The van der Waals surface area contributed by atoms with Gasteiger partial charge in [-0.05, 0) is 47.5 Å². The number of carbonyl (C=O) groups excluding carboxylic acids is 1. The lowest BCUT2D eigenvalue weighted by molar-refractivity contribution is 0.102. The maximum atomic E-state index is 12.1. The zero-order valence-electron chi connectivity index (χ0n) is 10.2. The minimum Gasteiger partial charge on any atom is -0.322 e. The van der Waals surface area contributed by atoms with Gasteiger partial charge in [-0.25, -0.2) is 0 Å². The normalized spacial score (nSPS) is 13.1. The molecule has 2 N–H and O–H groups in total. The van der Waals surface area contributed by atoms with E-state index in [-0.39, 0.29) is 5.91 Å². The van der Waals surface area contributed by atoms with Crippen LogP contribution in [0, 0.1) is 0 Å². The molecule has 0 fully saturated rings. The fourth-order valence-corrected chi connectivity index (χ4v) is 2.30. The Balaban J connectivity index is 1.78. The van der Waals surface area contributed by atoms with Crippen molar-refractivity contribution >= 4 is 23.2 Å². The number of rotatable bonds is 2. The first-order valence-electron chi connectivity index (χ1n) is 6.12. The van der Waals surface area contributed by atoms with Gasteiger partial charge in [-0.1, -0.05) is 17.7 Å². The third-order valence-electron chi connectivity index (χ3n) is 3.20. The highest BCUT2D eigenvalue weighted by molar-refractivity contribution is 6.30. The highest BCUT2D eigenvalue weighted by atomic mass is 35.5. The average Bonchev–Trinajstić information content (AvgIpc) is 2.88. The Bertz CT molecular complexity index is 623. The fourth-order valence-electron chi connectivity index (χ4n) is 2.17. The van der Waals surface area contributed by atoms with E-state index >= 15 is 0 Å². The second-order valence-electron chi connectivity index (χ2n) is 4.55. The molecule has 1 aliphatic rings. The summed E-state index contributed by atoms with van der Waals surface area (Å²) >= 11 is 5.81. The van der Waals surface area contributed by atoms with Gasteiger partial charge in [0.1, 0.15) is 0 Å². The van der Waals surface area contributed by atoms with Crippen molar-refractivity contribution in [3.05, 3.63) is 64.2 Å². The monoisotopic (exact) mass is 272 g/mol. The first kappa shape index (κ1) is 12.2. The molecular formula is C15H13ClN2O. The highest BCUT2D eigenvalue weighted by Crippen LogP contribution is 2.19. The Kier molecular flexibility index (Phi) is 3.23. The first-order chi connectivity index (χ1) is 9.22. The van der Waals surface area contributed by atoms with Gasteiger partial charge in [-0.2, -0.15) is 0 Å². The van der Waals surface area contributed by atoms with Crippen molar-refractivity contribution in [3.8, 4) is 0 Å². The summed E-state index contributed by atoms with van der Waals surface area (Å²) in [6, 6.07) is 12.9. The topological polar surface area (TPSA) is 41.1 Å². The summed E-state index contributed by atoms with van der Waals surface area (Å²) in [5.74, 6) is -0.1000. The summed E-state index contributed by atoms with van der Waals surface area (Å²) in [6.07, 6.45) is 0. The summed E-state index contributed by atoms with van der Waals surface area (Å²) in [4.78, 5) is 12.1. The summed E-state index contributed by atoms with van der Waals surface area (Å²) in [5, 5.41) is 6.78. The third-order valence-corrected chi connectivity index (χ3v) is 3.45. The summed E-state index contributed by atoms with van der Waals surface area (Å²) in [5.41, 5.74) is 3.89. The summed E-state index contributed by atoms with van der Waals surface area (Å²) in [7, 11) is 0. The number of carbonyl (C=O) groups is 1. The second kappa shape index (κ2) is 5.03. The second-order valence-corrected chi connectivity index (χ2v) is 4.98. The quantitative estimate of drug-likeness (QED) is 0.881. The van der Waals surface area contributed by atoms with Crippen LogP contribution in [-0.4, -0.2) is 5.91 Å². The van der Waals surface area contributed by atoms with Gasteiger partial charge >= 0.3 is 0 Å². The Morgan fingerprint density at radius 2 is 1.79 bits per heavy atom. The van der Waals surface area contributed by atoms with E-state index in [2.05, 4.69) is 10.6 Å². The molecule has 2 aromatic rings. The van der Waals surface area contributed by atoms with Crippen LogP contribution in [0.1, 0.15) is 21.5 Å². The zero-order chi connectivity index (χ0) is 13.2. The van der Waals surface area contributed by atoms with Crippen molar-refractivity contribution in [1.29, 1.82) is 0 Å². The van der Waals surface area contributed by atoms with E-state index in [1.165, 1.54) is 11.1 Å². The number of halogens is 1. The van der Waals surface area contributed by atoms with Crippen LogP contribution >= 0.6 is 11.6 Å². The van der Waals surface area contributed by atoms with Gasteiger partial charge in [0, 0.05) is 29.4 Å². The molecule has 0 aliphatic carbocycles. The number of benzene rings is 2. The van der Waals surface area contributed by atoms with Gasteiger partial charge in [-0.15, -0.1) is 0 Å². The van der Waals surface area contributed by atoms with Gasteiger partial charge in [0.15, 0.2) is 0 Å². The minimum absolute atomic E-state index is 0.1000. The number of hydrogen-bond acceptors (Lipinski definition) is 2. The van der Waals surface area contributed by atoms with E-state index in [1.54, 1.807) is 24.3 Å². The standard InChI is InChI=1S/C15H13ClN2O/c16-13-3-5-14(6-4-13)18-15(19)10-1-2-11-8-17-9-12(11)7-10/h1-7,17H,8-9H2,(H,18,19). The molecule has 0 spiro atoms. The zero-order valence-corrected chi connectivity index (χ0v) is 11.0. The van der Waals surface area contributed by atoms with Crippen molar-refractivity contribution in [3.63, 3.8) is 0 Å². The van der Waals surface area contributed by atoms with Crippen molar-refractivity contribution in [1.82, 2.24) is 5.32 Å². The minimum atomic E-state index is -0.1000. The number of hydrogen-bond donors (Lipinski definition) is 2. The van der Waals surface area contributed by atoms with Crippen LogP contribution in [0.5, 0.6) is 0 Å². The molecule has 0 atom stereocenters. The average molecular weight is 273 g/mol. The fraction of sp³-hybridized carbons (Fsp3) is 0.133. The SMILES string of the molecule is O=C(Nc1ccc(Cl)cc1)c1ccc2c(c1)CNC2. The molecule has 0 bridgehead atoms. The number of amides is 1. The van der Waals surface area contributed by atoms with E-state index in [1.807, 2.05) is 18.2 Å². The summed E-state index contributed by atoms with van der Waals surface area (Å²) in [6.45, 7) is 1.71. The molecule has 1 aliphatic heterocycles. The van der Waals surface area contributed by atoms with E-state index in [0.717, 1.165) is 18.8 Å². The van der Waals surface area contributed by atoms with Crippen molar-refractivity contribution in [2.24, 2.45) is 0 Å². The number of nitrogens with one attached hydrogen (secondary N) is 2. The molecule has 0 saturated carbocycles. The maximum absolute atomic E-state index is 12.1. The van der Waals surface area contributed by atoms with E-state index < -0.39 is 0 Å². The highest BCUT2D eigenvalue weighted by Gasteiger charge is 2.13. The molecule has 96 valence electrons. The molecular weight excluding hydrogens is 260 g/mol. The lowest BCUT2D eigenvalue weighted by Gasteiger charge is -2.06. The van der Waals surface area contributed by atoms with Crippen molar-refractivity contribution < 1.29 is 4.79 Å². The maximum Gasteiger partial charge on any atom is 0.255 e. The van der Waals surface area contributed by atoms with Gasteiger partial charge in [0.2, 0.25) is 0 Å². The van der Waals surface area contributed by atoms with Gasteiger partial charge in [0.25, 0.3) is 5.91 Å². The Morgan fingerprint density at radius 1 is 1.05 bits per heavy atom. The predicted octanol–water partition coefficient (Wildman–Crippen LogP) is 3.20. The number of fused-ring (bicyclic) bond motifs is 1. The molecule has 19 heavy (non-hydrogen) atoms. The van der Waals surface area contributed by atoms with Gasteiger partial charge in [0.05, 0.1) is 0 Å². The smallest absolute Gasteiger partial charge is 0.255 e. The van der Waals surface area contributed by atoms with Crippen molar-refractivity contribution in [2.75, 3.05) is 5.32 Å². The lowest BCUT2D eigenvalue weighted by atomic mass is 10.1. The first-order valence-corrected chi connectivity index (χ1v) is 6.49. The van der Waals surface area contributed by atoms with Crippen LogP contribution < -0.4 is 10.6 Å². The van der Waals surface area contributed by atoms with Crippen LogP contribution in [0.4, 0.5) is 5.69 Å². The van der Waals surface area contributed by atoms with Crippen LogP contribution in [0.3, 0.4) is 0 Å². The lowest BCUT2D eigenvalue weighted by Crippen LogP contribution is -2.12. The summed E-state index contributed by atoms with van der Waals surface area (Å²) < 4.78 is 0. The van der Waals surface area contributed by atoms with Gasteiger partial charge in [-0.3, -0.25) is 4.79 Å². The van der Waals surface area contributed by atoms with E-state index in [9.17, 15) is 4.79 Å². The van der Waals surface area contributed by atoms with Crippen LogP contribution in [0.25, 0.3) is 0 Å². The van der Waals surface area contributed by atoms with Crippen molar-refractivity contribution in [2.45, 2.75) is 13.1 Å².